The normalized spacial score (nSPS) is 44.1. The molecule has 0 aliphatic carbocycles. The monoisotopic (exact) mass is 524 g/mol. The van der Waals surface area contributed by atoms with Crippen molar-refractivity contribution in [2.45, 2.75) is 131 Å². The Hall–Kier alpha value is -0.480. The second-order valence-corrected chi connectivity index (χ2v) is 10.3. The summed E-state index contributed by atoms with van der Waals surface area (Å²) >= 11 is 0. The summed E-state index contributed by atoms with van der Waals surface area (Å²) in [5.74, 6) is -9.79. The molecule has 3 fully saturated rings. The predicted octanol–water partition coefficient (Wildman–Crippen LogP) is -1.03. The van der Waals surface area contributed by atoms with E-state index in [1.165, 1.54) is 25.7 Å². The minimum atomic E-state index is -2.61. The zero-order valence-electron chi connectivity index (χ0n) is 21.0. The lowest BCUT2D eigenvalue weighted by atomic mass is 9.88. The molecule has 212 valence electrons. The van der Waals surface area contributed by atoms with E-state index in [4.69, 9.17) is 18.9 Å². The van der Waals surface area contributed by atoms with Crippen molar-refractivity contribution in [3.63, 3.8) is 0 Å². The molecule has 0 aromatic heterocycles. The lowest BCUT2D eigenvalue weighted by molar-refractivity contribution is -0.441. The van der Waals surface area contributed by atoms with Gasteiger partial charge < -0.3 is 59.8 Å². The van der Waals surface area contributed by atoms with Crippen molar-refractivity contribution < 1.29 is 59.8 Å². The summed E-state index contributed by atoms with van der Waals surface area (Å²) in [6.45, 7) is -0.289. The van der Waals surface area contributed by atoms with Crippen LogP contribution in [0.1, 0.15) is 77.6 Å². The molecule has 3 heterocycles. The minimum Gasteiger partial charge on any atom is -0.394 e. The molecule has 9 atom stereocenters. The summed E-state index contributed by atoms with van der Waals surface area (Å²) in [4.78, 5) is 0. The van der Waals surface area contributed by atoms with Crippen LogP contribution in [0.2, 0.25) is 0 Å². The number of aliphatic hydroxyl groups excluding tert-OH is 6. The maximum absolute atomic E-state index is 11.2. The van der Waals surface area contributed by atoms with Crippen LogP contribution in [0.25, 0.3) is 0 Å². The quantitative estimate of drug-likeness (QED) is 0.0902. The molecule has 36 heavy (non-hydrogen) atoms. The van der Waals surface area contributed by atoms with Gasteiger partial charge in [0.1, 0.15) is 37.1 Å². The fraction of sp³-hybridized carbons (Fsp3) is 1.00. The van der Waals surface area contributed by atoms with Crippen LogP contribution in [-0.4, -0.2) is 114 Å². The van der Waals surface area contributed by atoms with Crippen molar-refractivity contribution in [1.29, 1.82) is 0 Å². The molecule has 8 N–H and O–H groups in total. The van der Waals surface area contributed by atoms with Crippen molar-refractivity contribution in [2.75, 3.05) is 19.8 Å². The minimum absolute atomic E-state index is 0.122. The first-order valence-corrected chi connectivity index (χ1v) is 13.2. The van der Waals surface area contributed by atoms with Crippen molar-refractivity contribution in [2.24, 2.45) is 0 Å². The third-order valence-electron chi connectivity index (χ3n) is 7.64. The first kappa shape index (κ1) is 30.1. The molecule has 3 aliphatic rings. The fourth-order valence-corrected chi connectivity index (χ4v) is 5.34. The van der Waals surface area contributed by atoms with Crippen molar-refractivity contribution in [3.8, 4) is 0 Å². The van der Waals surface area contributed by atoms with E-state index in [1.54, 1.807) is 0 Å². The highest BCUT2D eigenvalue weighted by Crippen LogP contribution is 2.62. The molecule has 3 aliphatic heterocycles. The van der Waals surface area contributed by atoms with Gasteiger partial charge in [0.2, 0.25) is 11.6 Å². The van der Waals surface area contributed by atoms with Gasteiger partial charge in [0.25, 0.3) is 11.6 Å². The van der Waals surface area contributed by atoms with Gasteiger partial charge in [0.15, 0.2) is 0 Å². The molecule has 0 aromatic rings. The lowest BCUT2D eigenvalue weighted by Crippen LogP contribution is -2.69. The lowest BCUT2D eigenvalue weighted by Gasteiger charge is -2.48. The molecule has 3 rings (SSSR count). The Labute approximate surface area is 211 Å². The van der Waals surface area contributed by atoms with Crippen LogP contribution < -0.4 is 0 Å². The van der Waals surface area contributed by atoms with E-state index >= 15 is 0 Å². The van der Waals surface area contributed by atoms with Crippen LogP contribution in [0.3, 0.4) is 0 Å². The average Bonchev–Trinajstić information content (AvgIpc) is 3.40. The van der Waals surface area contributed by atoms with Crippen LogP contribution in [-0.2, 0) is 18.9 Å². The van der Waals surface area contributed by atoms with E-state index in [0.717, 1.165) is 25.7 Å². The summed E-state index contributed by atoms with van der Waals surface area (Å²) < 4.78 is 22.3. The largest absolute Gasteiger partial charge is 0.394 e. The number of rotatable bonds is 16. The summed E-state index contributed by atoms with van der Waals surface area (Å²) in [6, 6.07) is 0. The zero-order valence-corrected chi connectivity index (χ0v) is 21.0. The predicted molar refractivity (Wildman–Crippen MR) is 123 cm³/mol. The Morgan fingerprint density at radius 2 is 1.28 bits per heavy atom. The molecule has 0 radical (unpaired) electrons. The molecule has 0 bridgehead atoms. The third kappa shape index (κ3) is 5.33. The Morgan fingerprint density at radius 3 is 1.78 bits per heavy atom. The van der Waals surface area contributed by atoms with Crippen LogP contribution in [0, 0.1) is 0 Å². The summed E-state index contributed by atoms with van der Waals surface area (Å²) in [6.07, 6.45) is 1.97. The zero-order chi connectivity index (χ0) is 26.6. The first-order chi connectivity index (χ1) is 17.1. The number of ether oxygens (including phenoxy) is 4. The number of fused-ring (bicyclic) bond motifs is 1. The molecular formula is C24H44O12. The average molecular weight is 525 g/mol. The van der Waals surface area contributed by atoms with E-state index in [1.807, 2.05) is 0 Å². The summed E-state index contributed by atoms with van der Waals surface area (Å²) in [5.41, 5.74) is 0. The van der Waals surface area contributed by atoms with Gasteiger partial charge in [-0.05, 0) is 6.42 Å². The van der Waals surface area contributed by atoms with E-state index in [9.17, 15) is 40.9 Å². The van der Waals surface area contributed by atoms with Gasteiger partial charge in [-0.2, -0.15) is 0 Å². The summed E-state index contributed by atoms with van der Waals surface area (Å²) in [7, 11) is 0. The van der Waals surface area contributed by atoms with Crippen LogP contribution in [0.15, 0.2) is 0 Å². The molecule has 3 saturated heterocycles. The maximum Gasteiger partial charge on any atom is 0.282 e. The molecule has 0 aromatic carbocycles. The van der Waals surface area contributed by atoms with Gasteiger partial charge in [-0.15, -0.1) is 0 Å². The Balaban J connectivity index is 1.72. The molecular weight excluding hydrogens is 480 g/mol. The molecule has 0 amide bonds. The van der Waals surface area contributed by atoms with Gasteiger partial charge >= 0.3 is 0 Å². The number of unbranched alkanes of at least 4 members (excludes halogenated alkanes) is 9. The molecule has 12 heteroatoms. The molecule has 0 spiro atoms. The van der Waals surface area contributed by atoms with E-state index in [2.05, 4.69) is 6.92 Å². The standard InChI is InChI=1S/C24H44O12/c1-2-3-4-5-6-7-8-9-10-11-12-22(24(32)23(31,36-24)19(29)17(14-26)34-22)35-21(15-27)20(30)18(28)16(13-25)33-21/h16-20,25-32H,2-15H2,1H3/t16-,17-,18-,19-,20+,21?,22+,23-,24-/m1/s1. The second kappa shape index (κ2) is 12.1. The Bertz CT molecular complexity index is 698. The van der Waals surface area contributed by atoms with Gasteiger partial charge in [0.05, 0.1) is 13.2 Å². The first-order valence-electron chi connectivity index (χ1n) is 13.2. The van der Waals surface area contributed by atoms with E-state index in [-0.39, 0.29) is 6.42 Å². The Kier molecular flexibility index (Phi) is 10.1. The maximum atomic E-state index is 11.2. The van der Waals surface area contributed by atoms with Gasteiger partial charge in [0, 0.05) is 6.42 Å². The van der Waals surface area contributed by atoms with Gasteiger partial charge in [-0.25, -0.2) is 0 Å². The fourth-order valence-electron chi connectivity index (χ4n) is 5.34. The van der Waals surface area contributed by atoms with Gasteiger partial charge in [-0.3, -0.25) is 0 Å². The molecule has 0 saturated carbocycles. The highest BCUT2D eigenvalue weighted by molar-refractivity contribution is 5.19. The topological polar surface area (TPSA) is 202 Å². The van der Waals surface area contributed by atoms with Crippen molar-refractivity contribution in [1.82, 2.24) is 0 Å². The van der Waals surface area contributed by atoms with E-state index in [0.29, 0.717) is 12.8 Å². The highest BCUT2D eigenvalue weighted by atomic mass is 16.9. The second-order valence-electron chi connectivity index (χ2n) is 10.3. The van der Waals surface area contributed by atoms with Crippen LogP contribution in [0.4, 0.5) is 0 Å². The van der Waals surface area contributed by atoms with Gasteiger partial charge in [-0.1, -0.05) is 64.7 Å². The number of hydrogen-bond acceptors (Lipinski definition) is 12. The van der Waals surface area contributed by atoms with Crippen LogP contribution in [0.5, 0.6) is 0 Å². The Morgan fingerprint density at radius 1 is 0.722 bits per heavy atom. The third-order valence-corrected chi connectivity index (χ3v) is 7.64. The smallest absolute Gasteiger partial charge is 0.282 e. The molecule has 12 nitrogen and oxygen atoms in total. The molecule has 1 unspecified atom stereocenters. The summed E-state index contributed by atoms with van der Waals surface area (Å²) in [5, 5.41) is 82.5. The van der Waals surface area contributed by atoms with Crippen molar-refractivity contribution in [3.05, 3.63) is 0 Å². The highest BCUT2D eigenvalue weighted by Gasteiger charge is 2.88. The van der Waals surface area contributed by atoms with Crippen molar-refractivity contribution >= 4 is 0 Å². The number of hydrogen-bond donors (Lipinski definition) is 8. The number of epoxide rings is 1. The SMILES string of the molecule is CCCCCCCCCCCC[C@@]1(OC2(CO)O[C@H](CO)[C@@H](O)[C@@H]2O)O[C@H](CO)[C@@H](O)[C@@]2(O)O[C@]12O. The number of aliphatic hydroxyl groups is 8. The van der Waals surface area contributed by atoms with E-state index < -0.39 is 73.5 Å². The van der Waals surface area contributed by atoms with Crippen LogP contribution >= 0.6 is 0 Å².